The summed E-state index contributed by atoms with van der Waals surface area (Å²) in [6.07, 6.45) is 9.32. The molecule has 2 heteroatoms. The van der Waals surface area contributed by atoms with Gasteiger partial charge in [0, 0.05) is 5.57 Å². The molecule has 0 aliphatic rings. The van der Waals surface area contributed by atoms with Crippen molar-refractivity contribution in [3.8, 4) is 0 Å². The minimum absolute atomic E-state index is 0.222. The lowest BCUT2D eigenvalue weighted by molar-refractivity contribution is -0.138. The number of ether oxygens (including phenoxy) is 1. The van der Waals surface area contributed by atoms with Crippen LogP contribution in [0.25, 0.3) is 0 Å². The van der Waals surface area contributed by atoms with Gasteiger partial charge in [0.25, 0.3) is 0 Å². The molecule has 0 aliphatic heterocycles. The Bertz CT molecular complexity index is 237. The third-order valence-electron chi connectivity index (χ3n) is 1.65. The van der Waals surface area contributed by atoms with E-state index in [2.05, 4.69) is 6.58 Å². The summed E-state index contributed by atoms with van der Waals surface area (Å²) in [6, 6.07) is 0. The average molecular weight is 194 g/mol. The minimum atomic E-state index is -0.222. The molecule has 2 nitrogen and oxygen atoms in total. The molecule has 0 heterocycles. The lowest BCUT2D eigenvalue weighted by atomic mass is 10.2. The molecule has 0 radical (unpaired) electrons. The van der Waals surface area contributed by atoms with E-state index in [4.69, 9.17) is 4.74 Å². The van der Waals surface area contributed by atoms with E-state index in [0.717, 1.165) is 12.8 Å². The zero-order chi connectivity index (χ0) is 10.8. The molecule has 0 fully saturated rings. The quantitative estimate of drug-likeness (QED) is 0.281. The highest BCUT2D eigenvalue weighted by atomic mass is 16.5. The Kier molecular flexibility index (Phi) is 7.52. The van der Waals surface area contributed by atoms with Crippen LogP contribution in [0, 0.1) is 0 Å². The standard InChI is InChI=1S/C12H18O2/c1-4-6-7-8-9-10-11(3)12(13)14-5-2/h4,6-7,10H,1,5,8-9H2,2-3H3/b7-6+,11-10-. The molecule has 14 heavy (non-hydrogen) atoms. The summed E-state index contributed by atoms with van der Waals surface area (Å²) in [5.41, 5.74) is 0.679. The molecule has 0 atom stereocenters. The molecule has 0 aromatic heterocycles. The van der Waals surface area contributed by atoms with Crippen molar-refractivity contribution in [3.05, 3.63) is 36.5 Å². The molecule has 0 N–H and O–H groups in total. The zero-order valence-electron chi connectivity index (χ0n) is 8.95. The predicted molar refractivity (Wildman–Crippen MR) is 59.0 cm³/mol. The van der Waals surface area contributed by atoms with Crippen LogP contribution in [-0.2, 0) is 9.53 Å². The van der Waals surface area contributed by atoms with Gasteiger partial charge in [-0.1, -0.05) is 30.9 Å². The molecule has 0 aromatic carbocycles. The number of hydrogen-bond donors (Lipinski definition) is 0. The van der Waals surface area contributed by atoms with Crippen LogP contribution in [0.4, 0.5) is 0 Å². The van der Waals surface area contributed by atoms with E-state index in [9.17, 15) is 4.79 Å². The molecule has 0 saturated carbocycles. The highest BCUT2D eigenvalue weighted by Gasteiger charge is 2.02. The van der Waals surface area contributed by atoms with Gasteiger partial charge in [0.15, 0.2) is 0 Å². The van der Waals surface area contributed by atoms with Crippen LogP contribution in [0.2, 0.25) is 0 Å². The fourth-order valence-corrected chi connectivity index (χ4v) is 0.917. The fourth-order valence-electron chi connectivity index (χ4n) is 0.917. The smallest absolute Gasteiger partial charge is 0.333 e. The van der Waals surface area contributed by atoms with E-state index >= 15 is 0 Å². The van der Waals surface area contributed by atoms with Crippen LogP contribution in [0.15, 0.2) is 36.5 Å². The summed E-state index contributed by atoms with van der Waals surface area (Å²) in [5.74, 6) is -0.222. The first-order valence-corrected chi connectivity index (χ1v) is 4.83. The lowest BCUT2D eigenvalue weighted by Gasteiger charge is -2.00. The summed E-state index contributed by atoms with van der Waals surface area (Å²) in [6.45, 7) is 7.58. The van der Waals surface area contributed by atoms with Gasteiger partial charge in [-0.15, -0.1) is 0 Å². The van der Waals surface area contributed by atoms with Crippen LogP contribution in [0.5, 0.6) is 0 Å². The van der Waals surface area contributed by atoms with Crippen LogP contribution in [0.3, 0.4) is 0 Å². The zero-order valence-corrected chi connectivity index (χ0v) is 8.95. The lowest BCUT2D eigenvalue weighted by Crippen LogP contribution is -2.04. The van der Waals surface area contributed by atoms with Gasteiger partial charge in [0.2, 0.25) is 0 Å². The highest BCUT2D eigenvalue weighted by molar-refractivity contribution is 5.87. The second kappa shape index (κ2) is 8.30. The van der Waals surface area contributed by atoms with E-state index in [1.165, 1.54) is 0 Å². The highest BCUT2D eigenvalue weighted by Crippen LogP contribution is 2.01. The van der Waals surface area contributed by atoms with E-state index in [0.29, 0.717) is 12.2 Å². The van der Waals surface area contributed by atoms with E-state index in [1.807, 2.05) is 18.2 Å². The second-order valence-electron chi connectivity index (χ2n) is 2.85. The molecule has 0 aliphatic carbocycles. The normalized spacial score (nSPS) is 11.7. The molecule has 0 saturated heterocycles. The molecule has 78 valence electrons. The van der Waals surface area contributed by atoms with E-state index in [1.54, 1.807) is 19.9 Å². The van der Waals surface area contributed by atoms with Gasteiger partial charge in [-0.25, -0.2) is 4.79 Å². The number of rotatable bonds is 6. The van der Waals surface area contributed by atoms with Gasteiger partial charge in [0.1, 0.15) is 0 Å². The van der Waals surface area contributed by atoms with Crippen molar-refractivity contribution in [1.82, 2.24) is 0 Å². The maximum atomic E-state index is 11.1. The summed E-state index contributed by atoms with van der Waals surface area (Å²) < 4.78 is 4.84. The van der Waals surface area contributed by atoms with Gasteiger partial charge >= 0.3 is 5.97 Å². The van der Waals surface area contributed by atoms with Crippen LogP contribution < -0.4 is 0 Å². The number of unbranched alkanes of at least 4 members (excludes halogenated alkanes) is 1. The monoisotopic (exact) mass is 194 g/mol. The first-order valence-electron chi connectivity index (χ1n) is 4.83. The Balaban J connectivity index is 3.81. The predicted octanol–water partition coefficient (Wildman–Crippen LogP) is 3.02. The summed E-state index contributed by atoms with van der Waals surface area (Å²) in [7, 11) is 0. The number of allylic oxidation sites excluding steroid dienone is 4. The molecule has 0 bridgehead atoms. The molecular formula is C12H18O2. The molecule has 0 rings (SSSR count). The number of carbonyl (C=O) groups is 1. The summed E-state index contributed by atoms with van der Waals surface area (Å²) >= 11 is 0. The summed E-state index contributed by atoms with van der Waals surface area (Å²) in [4.78, 5) is 11.1. The minimum Gasteiger partial charge on any atom is -0.463 e. The van der Waals surface area contributed by atoms with Crippen molar-refractivity contribution < 1.29 is 9.53 Å². The first kappa shape index (κ1) is 12.7. The maximum Gasteiger partial charge on any atom is 0.333 e. The first-order chi connectivity index (χ1) is 6.72. The van der Waals surface area contributed by atoms with Gasteiger partial charge in [-0.3, -0.25) is 0 Å². The third kappa shape index (κ3) is 6.23. The van der Waals surface area contributed by atoms with Crippen LogP contribution in [-0.4, -0.2) is 12.6 Å². The Morgan fingerprint density at radius 1 is 1.43 bits per heavy atom. The Morgan fingerprint density at radius 3 is 2.71 bits per heavy atom. The van der Waals surface area contributed by atoms with Crippen molar-refractivity contribution >= 4 is 5.97 Å². The Morgan fingerprint density at radius 2 is 2.14 bits per heavy atom. The maximum absolute atomic E-state index is 11.1. The summed E-state index contributed by atoms with van der Waals surface area (Å²) in [5, 5.41) is 0. The van der Waals surface area contributed by atoms with Gasteiger partial charge in [0.05, 0.1) is 6.61 Å². The van der Waals surface area contributed by atoms with Crippen LogP contribution >= 0.6 is 0 Å². The molecule has 0 unspecified atom stereocenters. The average Bonchev–Trinajstić information content (AvgIpc) is 2.17. The van der Waals surface area contributed by atoms with Crippen molar-refractivity contribution in [2.24, 2.45) is 0 Å². The van der Waals surface area contributed by atoms with Crippen molar-refractivity contribution in [3.63, 3.8) is 0 Å². The van der Waals surface area contributed by atoms with E-state index < -0.39 is 0 Å². The van der Waals surface area contributed by atoms with Gasteiger partial charge < -0.3 is 4.74 Å². The molecular weight excluding hydrogens is 176 g/mol. The molecule has 0 aromatic rings. The van der Waals surface area contributed by atoms with Crippen LogP contribution in [0.1, 0.15) is 26.7 Å². The van der Waals surface area contributed by atoms with Gasteiger partial charge in [-0.05, 0) is 26.7 Å². The van der Waals surface area contributed by atoms with Crippen molar-refractivity contribution in [1.29, 1.82) is 0 Å². The van der Waals surface area contributed by atoms with E-state index in [-0.39, 0.29) is 5.97 Å². The van der Waals surface area contributed by atoms with Gasteiger partial charge in [-0.2, -0.15) is 0 Å². The second-order valence-corrected chi connectivity index (χ2v) is 2.85. The van der Waals surface area contributed by atoms with Crippen molar-refractivity contribution in [2.45, 2.75) is 26.7 Å². The number of hydrogen-bond acceptors (Lipinski definition) is 2. The third-order valence-corrected chi connectivity index (χ3v) is 1.65. The van der Waals surface area contributed by atoms with Crippen molar-refractivity contribution in [2.75, 3.05) is 6.61 Å². The fraction of sp³-hybridized carbons (Fsp3) is 0.417. The Labute approximate surface area is 86.0 Å². The molecule has 0 spiro atoms. The number of esters is 1. The number of carbonyl (C=O) groups excluding carboxylic acids is 1. The molecule has 0 amide bonds. The topological polar surface area (TPSA) is 26.3 Å². The Hall–Kier alpha value is -1.31. The largest absolute Gasteiger partial charge is 0.463 e. The SMILES string of the molecule is C=C/C=C/CC/C=C(/C)C(=O)OCC.